The number of carbonyl (C=O) groups is 1. The number of H-pyrrole nitrogens is 1. The lowest BCUT2D eigenvalue weighted by atomic mass is 10.1. The molecule has 0 bridgehead atoms. The van der Waals surface area contributed by atoms with E-state index in [4.69, 9.17) is 0 Å². The fourth-order valence-corrected chi connectivity index (χ4v) is 2.21. The summed E-state index contributed by atoms with van der Waals surface area (Å²) in [6, 6.07) is 0.646. The summed E-state index contributed by atoms with van der Waals surface area (Å²) in [5.74, 6) is 0.0578. The fourth-order valence-electron chi connectivity index (χ4n) is 2.21. The average molecular weight is 236 g/mol. The number of hydrogen-bond donors (Lipinski definition) is 2. The summed E-state index contributed by atoms with van der Waals surface area (Å²) in [4.78, 5) is 14.2. The zero-order valence-corrected chi connectivity index (χ0v) is 10.4. The summed E-state index contributed by atoms with van der Waals surface area (Å²) >= 11 is 0. The van der Waals surface area contributed by atoms with E-state index in [1.807, 2.05) is 18.7 Å². The van der Waals surface area contributed by atoms with Crippen LogP contribution in [0.15, 0.2) is 12.4 Å². The number of carbonyl (C=O) groups excluding carboxylic acids is 1. The average Bonchev–Trinajstić information content (AvgIpc) is 2.97. The maximum absolute atomic E-state index is 12.3. The Kier molecular flexibility index (Phi) is 3.78. The van der Waals surface area contributed by atoms with Crippen LogP contribution in [0.1, 0.15) is 37.0 Å². The van der Waals surface area contributed by atoms with E-state index in [9.17, 15) is 4.79 Å². The van der Waals surface area contributed by atoms with Gasteiger partial charge in [0.15, 0.2) is 0 Å². The number of nitrogens with zero attached hydrogens (tertiary/aromatic N) is 2. The molecule has 1 aromatic heterocycles. The molecule has 2 heterocycles. The molecule has 0 aliphatic carbocycles. The molecule has 5 heteroatoms. The van der Waals surface area contributed by atoms with Gasteiger partial charge in [0.25, 0.3) is 5.91 Å². The number of hydrogen-bond acceptors (Lipinski definition) is 3. The second kappa shape index (κ2) is 5.31. The van der Waals surface area contributed by atoms with E-state index in [2.05, 4.69) is 15.5 Å². The molecular weight excluding hydrogens is 216 g/mol. The molecule has 1 fully saturated rings. The molecule has 0 aromatic carbocycles. The van der Waals surface area contributed by atoms with Gasteiger partial charge in [0.2, 0.25) is 0 Å². The van der Waals surface area contributed by atoms with Gasteiger partial charge in [0, 0.05) is 24.8 Å². The molecule has 2 N–H and O–H groups in total. The summed E-state index contributed by atoms with van der Waals surface area (Å²) in [5.41, 5.74) is 0.636. The van der Waals surface area contributed by atoms with Gasteiger partial charge in [-0.15, -0.1) is 0 Å². The van der Waals surface area contributed by atoms with Crippen LogP contribution in [0, 0.1) is 0 Å². The van der Waals surface area contributed by atoms with Gasteiger partial charge in [-0.05, 0) is 33.2 Å². The Labute approximate surface area is 102 Å². The van der Waals surface area contributed by atoms with Gasteiger partial charge in [-0.25, -0.2) is 0 Å². The SMILES string of the molecule is CC(C)N(CC1CCCN1)C(=O)c1cn[nH]c1. The quantitative estimate of drug-likeness (QED) is 0.820. The molecule has 1 aliphatic heterocycles. The zero-order valence-electron chi connectivity index (χ0n) is 10.4. The summed E-state index contributed by atoms with van der Waals surface area (Å²) in [7, 11) is 0. The summed E-state index contributed by atoms with van der Waals surface area (Å²) < 4.78 is 0. The fraction of sp³-hybridized carbons (Fsp3) is 0.667. The minimum Gasteiger partial charge on any atom is -0.335 e. The normalized spacial score (nSPS) is 19.8. The number of rotatable bonds is 4. The van der Waals surface area contributed by atoms with Crippen LogP contribution in [0.3, 0.4) is 0 Å². The van der Waals surface area contributed by atoms with Crippen molar-refractivity contribution in [3.05, 3.63) is 18.0 Å². The molecule has 94 valence electrons. The lowest BCUT2D eigenvalue weighted by Gasteiger charge is -2.29. The molecule has 1 amide bonds. The molecule has 0 spiro atoms. The third kappa shape index (κ3) is 2.85. The van der Waals surface area contributed by atoms with Crippen LogP contribution in [0.4, 0.5) is 0 Å². The van der Waals surface area contributed by atoms with Gasteiger partial charge in [0.1, 0.15) is 0 Å². The third-order valence-corrected chi connectivity index (χ3v) is 3.21. The van der Waals surface area contributed by atoms with Crippen LogP contribution in [0.25, 0.3) is 0 Å². The summed E-state index contributed by atoms with van der Waals surface area (Å²) in [6.07, 6.45) is 5.60. The van der Waals surface area contributed by atoms with Gasteiger partial charge in [-0.1, -0.05) is 0 Å². The molecular formula is C12H20N4O. The van der Waals surface area contributed by atoms with Gasteiger partial charge < -0.3 is 10.2 Å². The van der Waals surface area contributed by atoms with Crippen molar-refractivity contribution in [2.75, 3.05) is 13.1 Å². The Morgan fingerprint density at radius 2 is 2.47 bits per heavy atom. The number of aromatic nitrogens is 2. The van der Waals surface area contributed by atoms with Crippen LogP contribution in [0.5, 0.6) is 0 Å². The van der Waals surface area contributed by atoms with E-state index in [0.29, 0.717) is 11.6 Å². The lowest BCUT2D eigenvalue weighted by molar-refractivity contribution is 0.0689. The minimum atomic E-state index is 0.0578. The molecule has 17 heavy (non-hydrogen) atoms. The standard InChI is InChI=1S/C12H20N4O/c1-9(2)16(8-11-4-3-5-13-11)12(17)10-6-14-15-7-10/h6-7,9,11,13H,3-5,8H2,1-2H3,(H,14,15). The Hall–Kier alpha value is -1.36. The minimum absolute atomic E-state index is 0.0578. The molecule has 2 rings (SSSR count). The van der Waals surface area contributed by atoms with Crippen molar-refractivity contribution in [3.8, 4) is 0 Å². The zero-order chi connectivity index (χ0) is 12.3. The number of aromatic amines is 1. The van der Waals surface area contributed by atoms with Crippen LogP contribution < -0.4 is 5.32 Å². The third-order valence-electron chi connectivity index (χ3n) is 3.21. The lowest BCUT2D eigenvalue weighted by Crippen LogP contribution is -2.44. The summed E-state index contributed by atoms with van der Waals surface area (Å²) in [6.45, 7) is 5.94. The molecule has 1 aliphatic rings. The van der Waals surface area contributed by atoms with Crippen molar-refractivity contribution >= 4 is 5.91 Å². The Bertz CT molecular complexity index is 355. The highest BCUT2D eigenvalue weighted by Crippen LogP contribution is 2.12. The van der Waals surface area contributed by atoms with Crippen LogP contribution in [-0.4, -0.2) is 46.2 Å². The van der Waals surface area contributed by atoms with Crippen LogP contribution in [0.2, 0.25) is 0 Å². The second-order valence-corrected chi connectivity index (χ2v) is 4.83. The first-order chi connectivity index (χ1) is 8.18. The van der Waals surface area contributed by atoms with Crippen LogP contribution in [-0.2, 0) is 0 Å². The van der Waals surface area contributed by atoms with E-state index >= 15 is 0 Å². The van der Waals surface area contributed by atoms with E-state index in [-0.39, 0.29) is 11.9 Å². The van der Waals surface area contributed by atoms with Crippen LogP contribution >= 0.6 is 0 Å². The Morgan fingerprint density at radius 3 is 3.00 bits per heavy atom. The maximum Gasteiger partial charge on any atom is 0.257 e. The molecule has 1 atom stereocenters. The monoisotopic (exact) mass is 236 g/mol. The second-order valence-electron chi connectivity index (χ2n) is 4.83. The largest absolute Gasteiger partial charge is 0.335 e. The predicted octanol–water partition coefficient (Wildman–Crippen LogP) is 1.01. The van der Waals surface area contributed by atoms with E-state index < -0.39 is 0 Å². The summed E-state index contributed by atoms with van der Waals surface area (Å²) in [5, 5.41) is 9.94. The Balaban J connectivity index is 2.03. The number of amides is 1. The highest BCUT2D eigenvalue weighted by Gasteiger charge is 2.24. The van der Waals surface area contributed by atoms with E-state index in [0.717, 1.165) is 19.5 Å². The van der Waals surface area contributed by atoms with E-state index in [1.54, 1.807) is 12.4 Å². The molecule has 0 saturated carbocycles. The topological polar surface area (TPSA) is 61.0 Å². The smallest absolute Gasteiger partial charge is 0.257 e. The molecule has 5 nitrogen and oxygen atoms in total. The number of nitrogens with one attached hydrogen (secondary N) is 2. The maximum atomic E-state index is 12.3. The van der Waals surface area contributed by atoms with Crippen molar-refractivity contribution in [1.29, 1.82) is 0 Å². The first kappa shape index (κ1) is 12.1. The van der Waals surface area contributed by atoms with Gasteiger partial charge >= 0.3 is 0 Å². The van der Waals surface area contributed by atoms with Gasteiger partial charge in [0.05, 0.1) is 11.8 Å². The highest BCUT2D eigenvalue weighted by molar-refractivity contribution is 5.93. The molecule has 1 saturated heterocycles. The van der Waals surface area contributed by atoms with Gasteiger partial charge in [-0.3, -0.25) is 9.89 Å². The molecule has 0 radical (unpaired) electrons. The van der Waals surface area contributed by atoms with Crippen molar-refractivity contribution in [2.24, 2.45) is 0 Å². The molecule has 1 unspecified atom stereocenters. The highest BCUT2D eigenvalue weighted by atomic mass is 16.2. The van der Waals surface area contributed by atoms with Crippen molar-refractivity contribution in [2.45, 2.75) is 38.8 Å². The van der Waals surface area contributed by atoms with Crippen molar-refractivity contribution < 1.29 is 4.79 Å². The Morgan fingerprint density at radius 1 is 1.65 bits per heavy atom. The van der Waals surface area contributed by atoms with Crippen molar-refractivity contribution in [1.82, 2.24) is 20.4 Å². The van der Waals surface area contributed by atoms with Crippen molar-refractivity contribution in [3.63, 3.8) is 0 Å². The molecule has 1 aromatic rings. The van der Waals surface area contributed by atoms with E-state index in [1.165, 1.54) is 6.42 Å². The predicted molar refractivity (Wildman–Crippen MR) is 65.8 cm³/mol. The van der Waals surface area contributed by atoms with Gasteiger partial charge in [-0.2, -0.15) is 5.10 Å². The first-order valence-corrected chi connectivity index (χ1v) is 6.21. The first-order valence-electron chi connectivity index (χ1n) is 6.21.